The summed E-state index contributed by atoms with van der Waals surface area (Å²) in [7, 11) is 1.85. The lowest BCUT2D eigenvalue weighted by Gasteiger charge is -2.05. The first-order valence-corrected chi connectivity index (χ1v) is 6.14. The standard InChI is InChI=1S/C15H14N4/c1-10-3-4-11-7-12(5-6-13(11)19-10)14-8-15(16-2)18-9-17-14/h3-9H,1-2H3,(H,16,17,18). The van der Waals surface area contributed by atoms with Gasteiger partial charge < -0.3 is 5.32 Å². The third-order valence-electron chi connectivity index (χ3n) is 3.05. The summed E-state index contributed by atoms with van der Waals surface area (Å²) in [5.41, 5.74) is 4.00. The number of fused-ring (bicyclic) bond motifs is 1. The highest BCUT2D eigenvalue weighted by molar-refractivity contribution is 5.84. The van der Waals surface area contributed by atoms with Crippen molar-refractivity contribution >= 4 is 16.7 Å². The summed E-state index contributed by atoms with van der Waals surface area (Å²) in [5, 5.41) is 4.14. The smallest absolute Gasteiger partial charge is 0.129 e. The molecule has 0 atom stereocenters. The molecule has 2 aromatic heterocycles. The molecule has 0 aliphatic heterocycles. The Hall–Kier alpha value is -2.49. The molecule has 19 heavy (non-hydrogen) atoms. The Labute approximate surface area is 111 Å². The van der Waals surface area contributed by atoms with Crippen LogP contribution in [-0.4, -0.2) is 22.0 Å². The quantitative estimate of drug-likeness (QED) is 0.759. The molecule has 1 aromatic carbocycles. The molecule has 3 rings (SSSR count). The minimum Gasteiger partial charge on any atom is -0.373 e. The molecular weight excluding hydrogens is 236 g/mol. The fraction of sp³-hybridized carbons (Fsp3) is 0.133. The van der Waals surface area contributed by atoms with Gasteiger partial charge in [0.25, 0.3) is 0 Å². The van der Waals surface area contributed by atoms with E-state index in [0.29, 0.717) is 0 Å². The molecule has 0 saturated heterocycles. The molecule has 2 heterocycles. The van der Waals surface area contributed by atoms with Crippen molar-refractivity contribution in [2.24, 2.45) is 0 Å². The highest BCUT2D eigenvalue weighted by atomic mass is 15.0. The van der Waals surface area contributed by atoms with Crippen molar-refractivity contribution in [3.8, 4) is 11.3 Å². The molecule has 0 saturated carbocycles. The number of aryl methyl sites for hydroxylation is 1. The highest BCUT2D eigenvalue weighted by Gasteiger charge is 2.03. The van der Waals surface area contributed by atoms with Crippen molar-refractivity contribution in [1.29, 1.82) is 0 Å². The van der Waals surface area contributed by atoms with E-state index in [4.69, 9.17) is 0 Å². The Balaban J connectivity index is 2.12. The van der Waals surface area contributed by atoms with Gasteiger partial charge in [0.05, 0.1) is 11.2 Å². The van der Waals surface area contributed by atoms with Gasteiger partial charge in [-0.25, -0.2) is 9.97 Å². The summed E-state index contributed by atoms with van der Waals surface area (Å²) < 4.78 is 0. The zero-order valence-corrected chi connectivity index (χ0v) is 10.9. The summed E-state index contributed by atoms with van der Waals surface area (Å²) in [6, 6.07) is 12.2. The van der Waals surface area contributed by atoms with E-state index < -0.39 is 0 Å². The lowest BCUT2D eigenvalue weighted by Crippen LogP contribution is -1.94. The third-order valence-corrected chi connectivity index (χ3v) is 3.05. The number of rotatable bonds is 2. The van der Waals surface area contributed by atoms with Gasteiger partial charge in [-0.3, -0.25) is 4.98 Å². The molecule has 4 nitrogen and oxygen atoms in total. The van der Waals surface area contributed by atoms with Gasteiger partial charge >= 0.3 is 0 Å². The molecule has 3 aromatic rings. The van der Waals surface area contributed by atoms with Gasteiger partial charge in [0.1, 0.15) is 12.1 Å². The number of nitrogens with zero attached hydrogens (tertiary/aromatic N) is 3. The summed E-state index contributed by atoms with van der Waals surface area (Å²) >= 11 is 0. The number of benzene rings is 1. The first-order valence-electron chi connectivity index (χ1n) is 6.14. The van der Waals surface area contributed by atoms with Gasteiger partial charge in [0.15, 0.2) is 0 Å². The molecule has 0 unspecified atom stereocenters. The van der Waals surface area contributed by atoms with E-state index in [1.54, 1.807) is 6.33 Å². The molecule has 0 amide bonds. The van der Waals surface area contributed by atoms with Crippen molar-refractivity contribution in [3.05, 3.63) is 48.4 Å². The lowest BCUT2D eigenvalue weighted by molar-refractivity contribution is 1.16. The van der Waals surface area contributed by atoms with E-state index in [9.17, 15) is 0 Å². The zero-order valence-electron chi connectivity index (χ0n) is 10.9. The van der Waals surface area contributed by atoms with Crippen LogP contribution < -0.4 is 5.32 Å². The van der Waals surface area contributed by atoms with Crippen LogP contribution in [0.4, 0.5) is 5.82 Å². The molecule has 94 valence electrons. The van der Waals surface area contributed by atoms with Crippen molar-refractivity contribution in [2.75, 3.05) is 12.4 Å². The Bertz CT molecular complexity index is 737. The molecule has 4 heteroatoms. The van der Waals surface area contributed by atoms with Crippen LogP contribution in [0.1, 0.15) is 5.69 Å². The number of pyridine rings is 1. The fourth-order valence-corrected chi connectivity index (χ4v) is 2.04. The molecule has 0 spiro atoms. The fourth-order valence-electron chi connectivity index (χ4n) is 2.04. The largest absolute Gasteiger partial charge is 0.373 e. The van der Waals surface area contributed by atoms with Crippen LogP contribution in [0.5, 0.6) is 0 Å². The number of nitrogens with one attached hydrogen (secondary N) is 1. The lowest BCUT2D eigenvalue weighted by atomic mass is 10.1. The second-order valence-electron chi connectivity index (χ2n) is 4.40. The molecule has 0 aliphatic carbocycles. The van der Waals surface area contributed by atoms with E-state index in [2.05, 4.69) is 32.4 Å². The van der Waals surface area contributed by atoms with Crippen LogP contribution in [0.3, 0.4) is 0 Å². The monoisotopic (exact) mass is 250 g/mol. The van der Waals surface area contributed by atoms with Crippen molar-refractivity contribution in [3.63, 3.8) is 0 Å². The molecule has 0 aliphatic rings. The summed E-state index contributed by atoms with van der Waals surface area (Å²) in [6.45, 7) is 2.00. The highest BCUT2D eigenvalue weighted by Crippen LogP contribution is 2.23. The number of hydrogen-bond donors (Lipinski definition) is 1. The normalized spacial score (nSPS) is 10.6. The van der Waals surface area contributed by atoms with Crippen LogP contribution in [-0.2, 0) is 0 Å². The summed E-state index contributed by atoms with van der Waals surface area (Å²) in [5.74, 6) is 0.812. The van der Waals surface area contributed by atoms with Crippen molar-refractivity contribution in [1.82, 2.24) is 15.0 Å². The Morgan fingerprint density at radius 3 is 2.74 bits per heavy atom. The average molecular weight is 250 g/mol. The molecular formula is C15H14N4. The Morgan fingerprint density at radius 2 is 1.89 bits per heavy atom. The van der Waals surface area contributed by atoms with Crippen molar-refractivity contribution in [2.45, 2.75) is 6.92 Å². The second kappa shape index (κ2) is 4.65. The molecule has 0 bridgehead atoms. The Morgan fingerprint density at radius 1 is 1.00 bits per heavy atom. The average Bonchev–Trinajstić information content (AvgIpc) is 2.46. The van der Waals surface area contributed by atoms with Gasteiger partial charge in [-0.15, -0.1) is 0 Å². The van der Waals surface area contributed by atoms with Gasteiger partial charge in [-0.1, -0.05) is 12.1 Å². The minimum absolute atomic E-state index is 0.812. The molecule has 0 fully saturated rings. The maximum Gasteiger partial charge on any atom is 0.129 e. The molecule has 1 N–H and O–H groups in total. The third kappa shape index (κ3) is 2.25. The topological polar surface area (TPSA) is 50.7 Å². The van der Waals surface area contributed by atoms with E-state index in [1.807, 2.05) is 38.2 Å². The maximum absolute atomic E-state index is 4.50. The first-order chi connectivity index (χ1) is 9.26. The van der Waals surface area contributed by atoms with E-state index in [1.165, 1.54) is 0 Å². The van der Waals surface area contributed by atoms with E-state index in [0.717, 1.165) is 33.7 Å². The van der Waals surface area contributed by atoms with Crippen LogP contribution >= 0.6 is 0 Å². The molecule has 0 radical (unpaired) electrons. The van der Waals surface area contributed by atoms with Crippen LogP contribution in [0.2, 0.25) is 0 Å². The second-order valence-corrected chi connectivity index (χ2v) is 4.40. The van der Waals surface area contributed by atoms with Gasteiger partial charge in [-0.2, -0.15) is 0 Å². The summed E-state index contributed by atoms with van der Waals surface area (Å²) in [4.78, 5) is 12.9. The van der Waals surface area contributed by atoms with Crippen molar-refractivity contribution < 1.29 is 0 Å². The van der Waals surface area contributed by atoms with Gasteiger partial charge in [0, 0.05) is 29.8 Å². The van der Waals surface area contributed by atoms with Crippen LogP contribution in [0.25, 0.3) is 22.2 Å². The van der Waals surface area contributed by atoms with Gasteiger partial charge in [-0.05, 0) is 25.1 Å². The minimum atomic E-state index is 0.812. The number of hydrogen-bond acceptors (Lipinski definition) is 4. The zero-order chi connectivity index (χ0) is 13.2. The predicted octanol–water partition coefficient (Wildman–Crippen LogP) is 3.04. The SMILES string of the molecule is CNc1cc(-c2ccc3nc(C)ccc3c2)ncn1. The number of anilines is 1. The maximum atomic E-state index is 4.50. The van der Waals surface area contributed by atoms with E-state index >= 15 is 0 Å². The summed E-state index contributed by atoms with van der Waals surface area (Å²) in [6.07, 6.45) is 1.57. The first kappa shape index (κ1) is 11.6. The Kier molecular flexibility index (Phi) is 2.83. The predicted molar refractivity (Wildman–Crippen MR) is 77.1 cm³/mol. The van der Waals surface area contributed by atoms with Gasteiger partial charge in [0.2, 0.25) is 0 Å². The van der Waals surface area contributed by atoms with Crippen LogP contribution in [0, 0.1) is 6.92 Å². The van der Waals surface area contributed by atoms with E-state index in [-0.39, 0.29) is 0 Å². The van der Waals surface area contributed by atoms with Crippen LogP contribution in [0.15, 0.2) is 42.7 Å². The number of aromatic nitrogens is 3.